The molecule has 0 N–H and O–H groups in total. The number of hydrogen-bond donors (Lipinski definition) is 0. The maximum absolute atomic E-state index is 12.3. The molecule has 1 aromatic heterocycles. The van der Waals surface area contributed by atoms with Crippen LogP contribution in [0.2, 0.25) is 0 Å². The van der Waals surface area contributed by atoms with Crippen molar-refractivity contribution in [1.29, 1.82) is 0 Å². The van der Waals surface area contributed by atoms with Gasteiger partial charge in [-0.1, -0.05) is 6.07 Å². The van der Waals surface area contributed by atoms with Crippen LogP contribution in [0, 0.1) is 0 Å². The molecule has 0 radical (unpaired) electrons. The van der Waals surface area contributed by atoms with Crippen molar-refractivity contribution in [1.82, 2.24) is 9.88 Å². The molecule has 1 aromatic carbocycles. The first-order valence-electron chi connectivity index (χ1n) is 8.81. The van der Waals surface area contributed by atoms with E-state index in [1.807, 2.05) is 24.3 Å². The SMILES string of the molecule is COOCc1cncc(C=CC(=O)N(C)CCc2ccc(OC)c(OC)c2)c1. The molecule has 7 heteroatoms. The molecule has 0 aliphatic rings. The van der Waals surface area contributed by atoms with Crippen molar-refractivity contribution in [2.24, 2.45) is 0 Å². The van der Waals surface area contributed by atoms with E-state index in [0.29, 0.717) is 31.1 Å². The highest BCUT2D eigenvalue weighted by Gasteiger charge is 2.08. The van der Waals surface area contributed by atoms with Crippen molar-refractivity contribution < 1.29 is 24.0 Å². The Hall–Kier alpha value is -2.90. The minimum Gasteiger partial charge on any atom is -0.493 e. The lowest BCUT2D eigenvalue weighted by atomic mass is 10.1. The fraction of sp³-hybridized carbons (Fsp3) is 0.333. The van der Waals surface area contributed by atoms with E-state index in [0.717, 1.165) is 16.7 Å². The van der Waals surface area contributed by atoms with Crippen LogP contribution in [-0.4, -0.2) is 50.7 Å². The van der Waals surface area contributed by atoms with Crippen LogP contribution >= 0.6 is 0 Å². The molecule has 0 spiro atoms. The summed E-state index contributed by atoms with van der Waals surface area (Å²) in [5.41, 5.74) is 2.74. The summed E-state index contributed by atoms with van der Waals surface area (Å²) in [5.74, 6) is 1.28. The molecule has 0 saturated heterocycles. The Morgan fingerprint density at radius 1 is 1.07 bits per heavy atom. The number of carbonyl (C=O) groups excluding carboxylic acids is 1. The molecule has 1 heterocycles. The molecule has 2 aromatic rings. The summed E-state index contributed by atoms with van der Waals surface area (Å²) < 4.78 is 10.6. The quantitative estimate of drug-likeness (QED) is 0.355. The Labute approximate surface area is 165 Å². The van der Waals surface area contributed by atoms with Gasteiger partial charge >= 0.3 is 0 Å². The lowest BCUT2D eigenvalue weighted by molar-refractivity contribution is -0.282. The topological polar surface area (TPSA) is 70.1 Å². The van der Waals surface area contributed by atoms with E-state index < -0.39 is 0 Å². The summed E-state index contributed by atoms with van der Waals surface area (Å²) in [7, 11) is 6.43. The average Bonchev–Trinajstić information content (AvgIpc) is 2.74. The van der Waals surface area contributed by atoms with Gasteiger partial charge in [-0.2, -0.15) is 0 Å². The third-order valence-electron chi connectivity index (χ3n) is 4.14. The Balaban J connectivity index is 1.91. The number of rotatable bonds is 10. The van der Waals surface area contributed by atoms with Gasteiger partial charge in [0.2, 0.25) is 5.91 Å². The molecule has 0 aliphatic heterocycles. The van der Waals surface area contributed by atoms with Crippen LogP contribution in [0.15, 0.2) is 42.7 Å². The summed E-state index contributed by atoms with van der Waals surface area (Å²) in [6.45, 7) is 0.878. The maximum Gasteiger partial charge on any atom is 0.246 e. The van der Waals surface area contributed by atoms with E-state index in [2.05, 4.69) is 9.87 Å². The lowest BCUT2D eigenvalue weighted by Gasteiger charge is -2.16. The second-order valence-corrected chi connectivity index (χ2v) is 6.09. The van der Waals surface area contributed by atoms with Crippen molar-refractivity contribution in [2.45, 2.75) is 13.0 Å². The number of nitrogens with zero attached hydrogens (tertiary/aromatic N) is 2. The molecule has 150 valence electrons. The fourth-order valence-electron chi connectivity index (χ4n) is 2.54. The number of amides is 1. The molecule has 2 rings (SSSR count). The molecule has 0 fully saturated rings. The predicted octanol–water partition coefficient (Wildman–Crippen LogP) is 2.89. The van der Waals surface area contributed by atoms with Gasteiger partial charge in [-0.05, 0) is 47.4 Å². The zero-order chi connectivity index (χ0) is 20.4. The molecular formula is C21H26N2O5. The highest BCUT2D eigenvalue weighted by molar-refractivity contribution is 5.91. The normalized spacial score (nSPS) is 10.9. The number of aromatic nitrogens is 1. The average molecular weight is 386 g/mol. The summed E-state index contributed by atoms with van der Waals surface area (Å²) in [6.07, 6.45) is 7.35. The second-order valence-electron chi connectivity index (χ2n) is 6.09. The van der Waals surface area contributed by atoms with Gasteiger partial charge in [0.15, 0.2) is 11.5 Å². The van der Waals surface area contributed by atoms with Gasteiger partial charge in [-0.15, -0.1) is 0 Å². The van der Waals surface area contributed by atoms with E-state index in [1.54, 1.807) is 44.6 Å². The molecule has 28 heavy (non-hydrogen) atoms. The first-order chi connectivity index (χ1) is 13.6. The number of hydrogen-bond acceptors (Lipinski definition) is 6. The van der Waals surface area contributed by atoms with Crippen molar-refractivity contribution in [2.75, 3.05) is 34.9 Å². The number of likely N-dealkylation sites (N-methyl/N-ethyl adjacent to an activating group) is 1. The summed E-state index contributed by atoms with van der Waals surface area (Å²) in [5, 5.41) is 0. The monoisotopic (exact) mass is 386 g/mol. The second kappa shape index (κ2) is 11.1. The summed E-state index contributed by atoms with van der Waals surface area (Å²) in [6, 6.07) is 7.64. The molecule has 0 unspecified atom stereocenters. The number of methoxy groups -OCH3 is 2. The van der Waals surface area contributed by atoms with Crippen LogP contribution in [0.3, 0.4) is 0 Å². The van der Waals surface area contributed by atoms with E-state index in [9.17, 15) is 4.79 Å². The minimum atomic E-state index is -0.0842. The third kappa shape index (κ3) is 6.37. The Morgan fingerprint density at radius 2 is 1.86 bits per heavy atom. The first-order valence-corrected chi connectivity index (χ1v) is 8.81. The molecule has 1 amide bonds. The molecule has 0 atom stereocenters. The van der Waals surface area contributed by atoms with E-state index >= 15 is 0 Å². The Morgan fingerprint density at radius 3 is 2.57 bits per heavy atom. The van der Waals surface area contributed by atoms with Crippen LogP contribution in [0.25, 0.3) is 6.08 Å². The van der Waals surface area contributed by atoms with E-state index in [4.69, 9.17) is 14.4 Å². The first kappa shape index (κ1) is 21.4. The number of pyridine rings is 1. The van der Waals surface area contributed by atoms with Gasteiger partial charge in [0.1, 0.15) is 6.61 Å². The Kier molecular flexibility index (Phi) is 8.45. The van der Waals surface area contributed by atoms with Crippen LogP contribution in [0.4, 0.5) is 0 Å². The molecule has 0 saturated carbocycles. The lowest BCUT2D eigenvalue weighted by Crippen LogP contribution is -2.27. The predicted molar refractivity (Wildman–Crippen MR) is 106 cm³/mol. The van der Waals surface area contributed by atoms with Crippen molar-refractivity contribution >= 4 is 12.0 Å². The van der Waals surface area contributed by atoms with Crippen molar-refractivity contribution in [3.63, 3.8) is 0 Å². The third-order valence-corrected chi connectivity index (χ3v) is 4.14. The molecule has 0 bridgehead atoms. The summed E-state index contributed by atoms with van der Waals surface area (Å²) >= 11 is 0. The molecule has 7 nitrogen and oxygen atoms in total. The molecule has 0 aliphatic carbocycles. The maximum atomic E-state index is 12.3. The molecular weight excluding hydrogens is 360 g/mol. The van der Waals surface area contributed by atoms with E-state index in [1.165, 1.54) is 13.2 Å². The Bertz CT molecular complexity index is 807. The highest BCUT2D eigenvalue weighted by atomic mass is 17.2. The largest absolute Gasteiger partial charge is 0.493 e. The number of carbonyl (C=O) groups is 1. The van der Waals surface area contributed by atoms with Crippen LogP contribution in [-0.2, 0) is 27.6 Å². The number of ether oxygens (including phenoxy) is 2. The van der Waals surface area contributed by atoms with E-state index in [-0.39, 0.29) is 5.91 Å². The van der Waals surface area contributed by atoms with Crippen LogP contribution in [0.1, 0.15) is 16.7 Å². The van der Waals surface area contributed by atoms with Gasteiger partial charge < -0.3 is 14.4 Å². The number of benzene rings is 1. The fourth-order valence-corrected chi connectivity index (χ4v) is 2.54. The van der Waals surface area contributed by atoms with Gasteiger partial charge in [-0.25, -0.2) is 9.78 Å². The van der Waals surface area contributed by atoms with Crippen molar-refractivity contribution in [3.8, 4) is 11.5 Å². The van der Waals surface area contributed by atoms with Crippen LogP contribution in [0.5, 0.6) is 11.5 Å². The van der Waals surface area contributed by atoms with Gasteiger partial charge in [0, 0.05) is 32.1 Å². The smallest absolute Gasteiger partial charge is 0.246 e. The van der Waals surface area contributed by atoms with Crippen LogP contribution < -0.4 is 9.47 Å². The standard InChI is InChI=1S/C21H26N2O5/c1-23(10-9-16-5-7-19(25-2)20(12-16)26-3)21(24)8-6-17-11-18(14-22-13-17)15-28-27-4/h5-8,11-14H,9-10,15H2,1-4H3. The van der Waals surface area contributed by atoms with Gasteiger partial charge in [0.05, 0.1) is 21.3 Å². The van der Waals surface area contributed by atoms with Crippen molar-refractivity contribution in [3.05, 3.63) is 59.4 Å². The minimum absolute atomic E-state index is 0.0842. The zero-order valence-corrected chi connectivity index (χ0v) is 16.7. The summed E-state index contributed by atoms with van der Waals surface area (Å²) in [4.78, 5) is 27.6. The zero-order valence-electron chi connectivity index (χ0n) is 16.7. The van der Waals surface area contributed by atoms with Gasteiger partial charge in [-0.3, -0.25) is 9.78 Å². The highest BCUT2D eigenvalue weighted by Crippen LogP contribution is 2.27. The van der Waals surface area contributed by atoms with Gasteiger partial charge in [0.25, 0.3) is 0 Å².